The van der Waals surface area contributed by atoms with Crippen molar-refractivity contribution in [3.05, 3.63) is 5.51 Å². The van der Waals surface area contributed by atoms with Gasteiger partial charge in [-0.2, -0.15) is 4.98 Å². The Morgan fingerprint density at radius 1 is 1.27 bits per heavy atom. The van der Waals surface area contributed by atoms with Gasteiger partial charge in [-0.1, -0.05) is 0 Å². The minimum absolute atomic E-state index is 0.194. The van der Waals surface area contributed by atoms with E-state index in [0.29, 0.717) is 11.3 Å². The van der Waals surface area contributed by atoms with E-state index in [9.17, 15) is 0 Å². The topological polar surface area (TPSA) is 90.7 Å². The fourth-order valence-electron chi connectivity index (χ4n) is 0.800. The molecule has 0 fully saturated rings. The summed E-state index contributed by atoms with van der Waals surface area (Å²) >= 11 is 1.39. The molecule has 56 valence electrons. The van der Waals surface area contributed by atoms with E-state index in [4.69, 9.17) is 11.5 Å². The molecule has 2 aromatic rings. The molecule has 0 bridgehead atoms. The summed E-state index contributed by atoms with van der Waals surface area (Å²) in [5, 5.41) is 0. The molecular formula is C5H5N5S. The first-order chi connectivity index (χ1) is 5.27. The molecule has 0 unspecified atom stereocenters. The molecule has 4 N–H and O–H groups in total. The largest absolute Gasteiger partial charge is 0.382 e. The minimum atomic E-state index is 0.194. The van der Waals surface area contributed by atoms with Gasteiger partial charge in [0.15, 0.2) is 10.6 Å². The molecule has 0 saturated heterocycles. The molecule has 0 aliphatic carbocycles. The van der Waals surface area contributed by atoms with Crippen LogP contribution in [0.15, 0.2) is 5.51 Å². The molecule has 0 spiro atoms. The van der Waals surface area contributed by atoms with E-state index in [1.807, 2.05) is 0 Å². The van der Waals surface area contributed by atoms with Crippen LogP contribution in [0.5, 0.6) is 0 Å². The monoisotopic (exact) mass is 167 g/mol. The molecule has 6 heteroatoms. The van der Waals surface area contributed by atoms with E-state index in [2.05, 4.69) is 15.0 Å². The summed E-state index contributed by atoms with van der Waals surface area (Å²) in [4.78, 5) is 12.4. The second-order valence-electron chi connectivity index (χ2n) is 1.97. The van der Waals surface area contributed by atoms with E-state index in [1.165, 1.54) is 11.3 Å². The summed E-state index contributed by atoms with van der Waals surface area (Å²) in [5.41, 5.74) is 13.2. The number of hydrogen-bond acceptors (Lipinski definition) is 6. The highest BCUT2D eigenvalue weighted by Gasteiger charge is 2.03. The third-order valence-corrected chi connectivity index (χ3v) is 1.96. The molecule has 2 heterocycles. The highest BCUT2D eigenvalue weighted by Crippen LogP contribution is 2.19. The number of fused-ring (bicyclic) bond motifs is 1. The van der Waals surface area contributed by atoms with Gasteiger partial charge in [-0.15, -0.1) is 11.3 Å². The van der Waals surface area contributed by atoms with Crippen molar-refractivity contribution in [2.45, 2.75) is 0 Å². The predicted molar refractivity (Wildman–Crippen MR) is 44.0 cm³/mol. The zero-order chi connectivity index (χ0) is 7.84. The first-order valence-electron chi connectivity index (χ1n) is 2.89. The molecule has 0 aliphatic rings. The first kappa shape index (κ1) is 6.29. The van der Waals surface area contributed by atoms with Gasteiger partial charge in [-0.3, -0.25) is 0 Å². The van der Waals surface area contributed by atoms with Crippen LogP contribution in [0.2, 0.25) is 0 Å². The molecule has 0 saturated carbocycles. The second-order valence-corrected chi connectivity index (χ2v) is 2.81. The standard InChI is InChI=1S/C5H5N5S/c6-3-2-4(11-1-8-2)10-5(7)9-3/h1H,(H4,6,7,9,10). The van der Waals surface area contributed by atoms with Crippen LogP contribution >= 0.6 is 11.3 Å². The molecule has 0 atom stereocenters. The summed E-state index contributed by atoms with van der Waals surface area (Å²) in [6.45, 7) is 0. The molecule has 0 aliphatic heterocycles. The van der Waals surface area contributed by atoms with E-state index in [-0.39, 0.29) is 5.95 Å². The number of aromatic nitrogens is 3. The van der Waals surface area contributed by atoms with Crippen molar-refractivity contribution < 1.29 is 0 Å². The molecule has 0 amide bonds. The Balaban J connectivity index is 2.91. The summed E-state index contributed by atoms with van der Waals surface area (Å²) in [7, 11) is 0. The minimum Gasteiger partial charge on any atom is -0.382 e. The molecule has 2 aromatic heterocycles. The van der Waals surface area contributed by atoms with Gasteiger partial charge < -0.3 is 11.5 Å². The zero-order valence-electron chi connectivity index (χ0n) is 5.48. The summed E-state index contributed by atoms with van der Waals surface area (Å²) < 4.78 is 0. The molecular weight excluding hydrogens is 162 g/mol. The van der Waals surface area contributed by atoms with E-state index < -0.39 is 0 Å². The Hall–Kier alpha value is -1.43. The van der Waals surface area contributed by atoms with E-state index in [0.717, 1.165) is 4.83 Å². The lowest BCUT2D eigenvalue weighted by molar-refractivity contribution is 1.24. The van der Waals surface area contributed by atoms with Gasteiger partial charge in [0.25, 0.3) is 0 Å². The van der Waals surface area contributed by atoms with E-state index in [1.54, 1.807) is 5.51 Å². The lowest BCUT2D eigenvalue weighted by Crippen LogP contribution is -1.99. The van der Waals surface area contributed by atoms with Gasteiger partial charge in [-0.25, -0.2) is 9.97 Å². The van der Waals surface area contributed by atoms with Crippen LogP contribution in [-0.2, 0) is 0 Å². The van der Waals surface area contributed by atoms with Crippen LogP contribution < -0.4 is 11.5 Å². The maximum Gasteiger partial charge on any atom is 0.223 e. The fourth-order valence-corrected chi connectivity index (χ4v) is 1.47. The van der Waals surface area contributed by atoms with Crippen LogP contribution in [0, 0.1) is 0 Å². The molecule has 0 aromatic carbocycles. The maximum absolute atomic E-state index is 5.51. The average Bonchev–Trinajstić information content (AvgIpc) is 2.34. The number of nitrogens with zero attached hydrogens (tertiary/aromatic N) is 3. The van der Waals surface area contributed by atoms with Gasteiger partial charge in [0.1, 0.15) is 5.52 Å². The summed E-state index contributed by atoms with van der Waals surface area (Å²) in [5.74, 6) is 0.535. The smallest absolute Gasteiger partial charge is 0.223 e. The number of hydrogen-bond donors (Lipinski definition) is 2. The van der Waals surface area contributed by atoms with Gasteiger partial charge in [0.2, 0.25) is 5.95 Å². The number of thiazole rings is 1. The first-order valence-corrected chi connectivity index (χ1v) is 3.77. The maximum atomic E-state index is 5.51. The number of rotatable bonds is 0. The quantitative estimate of drug-likeness (QED) is 0.587. The van der Waals surface area contributed by atoms with Crippen molar-refractivity contribution in [3.63, 3.8) is 0 Å². The summed E-state index contributed by atoms with van der Waals surface area (Å²) in [6, 6.07) is 0. The van der Waals surface area contributed by atoms with Crippen LogP contribution in [0.1, 0.15) is 0 Å². The third kappa shape index (κ3) is 0.874. The fraction of sp³-hybridized carbons (Fsp3) is 0. The van der Waals surface area contributed by atoms with Crippen LogP contribution in [0.25, 0.3) is 10.3 Å². The molecule has 2 rings (SSSR count). The molecule has 11 heavy (non-hydrogen) atoms. The highest BCUT2D eigenvalue weighted by molar-refractivity contribution is 7.16. The predicted octanol–water partition coefficient (Wildman–Crippen LogP) is 0.251. The van der Waals surface area contributed by atoms with Crippen molar-refractivity contribution >= 4 is 33.5 Å². The van der Waals surface area contributed by atoms with Crippen molar-refractivity contribution in [1.29, 1.82) is 0 Å². The Labute approximate surface area is 66.1 Å². The third-order valence-electron chi connectivity index (χ3n) is 1.24. The van der Waals surface area contributed by atoms with Crippen molar-refractivity contribution in [1.82, 2.24) is 15.0 Å². The van der Waals surface area contributed by atoms with Gasteiger partial charge in [-0.05, 0) is 0 Å². The lowest BCUT2D eigenvalue weighted by Gasteiger charge is -1.93. The van der Waals surface area contributed by atoms with Crippen molar-refractivity contribution in [2.24, 2.45) is 0 Å². The normalized spacial score (nSPS) is 10.5. The SMILES string of the molecule is Nc1nc(N)c2ncsc2n1. The number of nitrogens with two attached hydrogens (primary N) is 2. The Morgan fingerprint density at radius 2 is 2.09 bits per heavy atom. The van der Waals surface area contributed by atoms with Crippen LogP contribution in [0.4, 0.5) is 11.8 Å². The number of anilines is 2. The number of nitrogen functional groups attached to an aromatic ring is 2. The highest BCUT2D eigenvalue weighted by atomic mass is 32.1. The van der Waals surface area contributed by atoms with E-state index >= 15 is 0 Å². The lowest BCUT2D eigenvalue weighted by atomic mass is 10.5. The van der Waals surface area contributed by atoms with Crippen molar-refractivity contribution in [3.8, 4) is 0 Å². The van der Waals surface area contributed by atoms with Gasteiger partial charge in [0.05, 0.1) is 5.51 Å². The summed E-state index contributed by atoms with van der Waals surface area (Å²) in [6.07, 6.45) is 0. The second kappa shape index (κ2) is 2.03. The molecule has 5 nitrogen and oxygen atoms in total. The average molecular weight is 167 g/mol. The Bertz CT molecular complexity index is 395. The zero-order valence-corrected chi connectivity index (χ0v) is 6.30. The van der Waals surface area contributed by atoms with Crippen LogP contribution in [-0.4, -0.2) is 15.0 Å². The van der Waals surface area contributed by atoms with Crippen LogP contribution in [0.3, 0.4) is 0 Å². The van der Waals surface area contributed by atoms with Gasteiger partial charge >= 0.3 is 0 Å². The van der Waals surface area contributed by atoms with Gasteiger partial charge in [0, 0.05) is 0 Å². The van der Waals surface area contributed by atoms with Crippen molar-refractivity contribution in [2.75, 3.05) is 11.5 Å². The Kier molecular flexibility index (Phi) is 1.16. The molecule has 0 radical (unpaired) electrons. The Morgan fingerprint density at radius 3 is 2.91 bits per heavy atom.